The van der Waals surface area contributed by atoms with Gasteiger partial charge in [0.2, 0.25) is 5.91 Å². The van der Waals surface area contributed by atoms with Crippen LogP contribution in [0.4, 0.5) is 0 Å². The van der Waals surface area contributed by atoms with E-state index in [-0.39, 0.29) is 29.4 Å². The van der Waals surface area contributed by atoms with E-state index in [4.69, 9.17) is 4.74 Å². The van der Waals surface area contributed by atoms with E-state index in [2.05, 4.69) is 9.55 Å². The van der Waals surface area contributed by atoms with Crippen LogP contribution >= 0.6 is 0 Å². The second kappa shape index (κ2) is 6.60. The molecule has 8 heteroatoms. The van der Waals surface area contributed by atoms with E-state index < -0.39 is 9.84 Å². The van der Waals surface area contributed by atoms with Crippen LogP contribution < -0.4 is 0 Å². The Balaban J connectivity index is 1.73. The van der Waals surface area contributed by atoms with Crippen LogP contribution in [-0.4, -0.2) is 66.6 Å². The minimum Gasteiger partial charge on any atom is -0.383 e. The molecule has 0 saturated carbocycles. The zero-order chi connectivity index (χ0) is 16.4. The number of hydrogen-bond acceptors (Lipinski definition) is 5. The Morgan fingerprint density at radius 3 is 3.00 bits per heavy atom. The van der Waals surface area contributed by atoms with Gasteiger partial charge >= 0.3 is 0 Å². The number of methoxy groups -OCH3 is 1. The number of rotatable bonds is 5. The Bertz CT molecular complexity index is 670. The van der Waals surface area contributed by atoms with Gasteiger partial charge in [0.15, 0.2) is 9.84 Å². The second-order valence-electron chi connectivity index (χ2n) is 6.31. The lowest BCUT2D eigenvalue weighted by molar-refractivity contribution is -0.138. The number of fused-ring (bicyclic) bond motifs is 1. The first-order valence-electron chi connectivity index (χ1n) is 8.00. The van der Waals surface area contributed by atoms with Gasteiger partial charge < -0.3 is 14.2 Å². The summed E-state index contributed by atoms with van der Waals surface area (Å²) < 4.78 is 30.7. The Kier molecular flexibility index (Phi) is 4.72. The summed E-state index contributed by atoms with van der Waals surface area (Å²) in [5.74, 6) is 1.09. The number of sulfone groups is 1. The molecule has 1 amide bonds. The van der Waals surface area contributed by atoms with E-state index in [1.54, 1.807) is 18.2 Å². The van der Waals surface area contributed by atoms with Gasteiger partial charge in [-0.3, -0.25) is 4.79 Å². The summed E-state index contributed by atoms with van der Waals surface area (Å²) in [7, 11) is -1.43. The quantitative estimate of drug-likeness (QED) is 0.759. The third-order valence-corrected chi connectivity index (χ3v) is 6.52. The molecule has 128 valence electrons. The van der Waals surface area contributed by atoms with Crippen molar-refractivity contribution in [2.75, 3.05) is 31.8 Å². The fourth-order valence-corrected chi connectivity index (χ4v) is 5.21. The molecule has 3 heterocycles. The minimum atomic E-state index is -3.02. The number of imidazole rings is 1. The molecule has 23 heavy (non-hydrogen) atoms. The van der Waals surface area contributed by atoms with Gasteiger partial charge in [0, 0.05) is 51.0 Å². The van der Waals surface area contributed by atoms with Crippen molar-refractivity contribution in [1.82, 2.24) is 14.5 Å². The fraction of sp³-hybridized carbons (Fsp3) is 0.733. The monoisotopic (exact) mass is 341 g/mol. The van der Waals surface area contributed by atoms with E-state index in [1.807, 2.05) is 6.20 Å². The van der Waals surface area contributed by atoms with Crippen LogP contribution in [0, 0.1) is 5.92 Å². The predicted molar refractivity (Wildman–Crippen MR) is 84.7 cm³/mol. The van der Waals surface area contributed by atoms with Gasteiger partial charge in [0.05, 0.1) is 18.1 Å². The topological polar surface area (TPSA) is 81.5 Å². The number of amides is 1. The molecule has 2 unspecified atom stereocenters. The Hall–Kier alpha value is -1.41. The van der Waals surface area contributed by atoms with Crippen molar-refractivity contribution >= 4 is 15.7 Å². The molecule has 7 nitrogen and oxygen atoms in total. The van der Waals surface area contributed by atoms with E-state index in [1.165, 1.54) is 0 Å². The van der Waals surface area contributed by atoms with E-state index in [0.29, 0.717) is 26.0 Å². The molecule has 0 spiro atoms. The fourth-order valence-electron chi connectivity index (χ4n) is 3.48. The SMILES string of the molecule is COCCN(C(=O)C1CCn2ccnc2C1)C1CCS(=O)(=O)C1. The zero-order valence-electron chi connectivity index (χ0n) is 13.3. The lowest BCUT2D eigenvalue weighted by atomic mass is 9.95. The average molecular weight is 341 g/mol. The third-order valence-electron chi connectivity index (χ3n) is 4.77. The van der Waals surface area contributed by atoms with E-state index in [0.717, 1.165) is 18.8 Å². The first-order valence-corrected chi connectivity index (χ1v) is 9.82. The maximum Gasteiger partial charge on any atom is 0.226 e. The molecule has 0 aromatic carbocycles. The molecule has 2 aliphatic rings. The highest BCUT2D eigenvalue weighted by Crippen LogP contribution is 2.25. The van der Waals surface area contributed by atoms with Crippen LogP contribution in [-0.2, 0) is 32.3 Å². The number of carbonyl (C=O) groups excluding carboxylic acids is 1. The van der Waals surface area contributed by atoms with Crippen LogP contribution in [0.5, 0.6) is 0 Å². The largest absolute Gasteiger partial charge is 0.383 e. The number of ether oxygens (including phenoxy) is 1. The van der Waals surface area contributed by atoms with Crippen molar-refractivity contribution in [3.8, 4) is 0 Å². The Labute approximate surface area is 136 Å². The first-order chi connectivity index (χ1) is 11.0. The average Bonchev–Trinajstić information content (AvgIpc) is 3.12. The highest BCUT2D eigenvalue weighted by molar-refractivity contribution is 7.91. The van der Waals surface area contributed by atoms with Crippen molar-refractivity contribution in [2.24, 2.45) is 5.92 Å². The van der Waals surface area contributed by atoms with Crippen LogP contribution in [0.15, 0.2) is 12.4 Å². The maximum atomic E-state index is 13.0. The summed E-state index contributed by atoms with van der Waals surface area (Å²) in [6, 6.07) is -0.218. The molecule has 2 atom stereocenters. The molecule has 0 aliphatic carbocycles. The molecule has 1 aromatic rings. The van der Waals surface area contributed by atoms with Gasteiger partial charge in [-0.25, -0.2) is 13.4 Å². The maximum absolute atomic E-state index is 13.0. The molecule has 2 aliphatic heterocycles. The van der Waals surface area contributed by atoms with Crippen LogP contribution in [0.25, 0.3) is 0 Å². The van der Waals surface area contributed by atoms with Crippen molar-refractivity contribution < 1.29 is 17.9 Å². The number of hydrogen-bond donors (Lipinski definition) is 0. The van der Waals surface area contributed by atoms with E-state index in [9.17, 15) is 13.2 Å². The molecule has 1 fully saturated rings. The van der Waals surface area contributed by atoms with Crippen LogP contribution in [0.3, 0.4) is 0 Å². The van der Waals surface area contributed by atoms with E-state index >= 15 is 0 Å². The van der Waals surface area contributed by atoms with Gasteiger partial charge in [-0.05, 0) is 12.8 Å². The van der Waals surface area contributed by atoms with Crippen molar-refractivity contribution in [2.45, 2.75) is 31.8 Å². The lowest BCUT2D eigenvalue weighted by Gasteiger charge is -2.33. The van der Waals surface area contributed by atoms with Crippen molar-refractivity contribution in [1.29, 1.82) is 0 Å². The van der Waals surface area contributed by atoms with Gasteiger partial charge in [0.1, 0.15) is 5.82 Å². The Morgan fingerprint density at radius 2 is 2.30 bits per heavy atom. The lowest BCUT2D eigenvalue weighted by Crippen LogP contribution is -2.47. The Morgan fingerprint density at radius 1 is 1.48 bits per heavy atom. The van der Waals surface area contributed by atoms with Gasteiger partial charge in [0.25, 0.3) is 0 Å². The molecular formula is C15H23N3O4S. The molecule has 0 bridgehead atoms. The summed E-state index contributed by atoms with van der Waals surface area (Å²) in [6.07, 6.45) is 5.61. The number of aromatic nitrogens is 2. The minimum absolute atomic E-state index is 0.0402. The van der Waals surface area contributed by atoms with Gasteiger partial charge in [-0.15, -0.1) is 0 Å². The summed E-state index contributed by atoms with van der Waals surface area (Å²) in [4.78, 5) is 19.0. The number of aryl methyl sites for hydroxylation is 1. The number of carbonyl (C=O) groups is 1. The smallest absolute Gasteiger partial charge is 0.226 e. The zero-order valence-corrected chi connectivity index (χ0v) is 14.2. The summed E-state index contributed by atoms with van der Waals surface area (Å²) in [6.45, 7) is 1.65. The molecule has 3 rings (SSSR count). The molecule has 0 radical (unpaired) electrons. The summed E-state index contributed by atoms with van der Waals surface area (Å²) >= 11 is 0. The van der Waals surface area contributed by atoms with Crippen LogP contribution in [0.1, 0.15) is 18.7 Å². The molecule has 1 aromatic heterocycles. The standard InChI is InChI=1S/C15H23N3O4S/c1-22-8-7-18(13-3-9-23(20,21)11-13)15(19)12-2-5-17-6-4-16-14(17)10-12/h4,6,12-13H,2-3,5,7-11H2,1H3. The number of nitrogens with zero attached hydrogens (tertiary/aromatic N) is 3. The summed E-state index contributed by atoms with van der Waals surface area (Å²) in [5, 5.41) is 0. The third kappa shape index (κ3) is 3.58. The molecule has 1 saturated heterocycles. The second-order valence-corrected chi connectivity index (χ2v) is 8.54. The van der Waals surface area contributed by atoms with Crippen LogP contribution in [0.2, 0.25) is 0 Å². The normalized spacial score (nSPS) is 26.0. The van der Waals surface area contributed by atoms with Crippen molar-refractivity contribution in [3.05, 3.63) is 18.2 Å². The summed E-state index contributed by atoms with van der Waals surface area (Å²) in [5.41, 5.74) is 0. The first kappa shape index (κ1) is 16.4. The highest BCUT2D eigenvalue weighted by atomic mass is 32.2. The van der Waals surface area contributed by atoms with Gasteiger partial charge in [-0.1, -0.05) is 0 Å². The van der Waals surface area contributed by atoms with Gasteiger partial charge in [-0.2, -0.15) is 0 Å². The predicted octanol–water partition coefficient (Wildman–Crippen LogP) is 0.108. The molecule has 0 N–H and O–H groups in total. The molecular weight excluding hydrogens is 318 g/mol. The highest BCUT2D eigenvalue weighted by Gasteiger charge is 2.37. The van der Waals surface area contributed by atoms with Crippen molar-refractivity contribution in [3.63, 3.8) is 0 Å².